The Morgan fingerprint density at radius 3 is 2.29 bits per heavy atom. The molecule has 4 atom stereocenters. The first kappa shape index (κ1) is 18.0. The van der Waals surface area contributed by atoms with Gasteiger partial charge >= 0.3 is 0 Å². The summed E-state index contributed by atoms with van der Waals surface area (Å²) in [4.78, 5) is 27.7. The van der Waals surface area contributed by atoms with Crippen molar-refractivity contribution in [3.63, 3.8) is 0 Å². The van der Waals surface area contributed by atoms with Gasteiger partial charge in [0.1, 0.15) is 0 Å². The molecule has 2 heterocycles. The van der Waals surface area contributed by atoms with E-state index in [0.29, 0.717) is 28.0 Å². The van der Waals surface area contributed by atoms with Crippen LogP contribution >= 0.6 is 23.2 Å². The van der Waals surface area contributed by atoms with E-state index in [2.05, 4.69) is 17.3 Å². The van der Waals surface area contributed by atoms with Gasteiger partial charge in [-0.15, -0.1) is 0 Å². The van der Waals surface area contributed by atoms with Gasteiger partial charge in [0, 0.05) is 0 Å². The zero-order valence-electron chi connectivity index (χ0n) is 15.5. The molecular weight excluding hydrogens is 397 g/mol. The highest BCUT2D eigenvalue weighted by molar-refractivity contribution is 6.42. The average Bonchev–Trinajstić information content (AvgIpc) is 3.38. The van der Waals surface area contributed by atoms with Gasteiger partial charge in [0.05, 0.1) is 45.5 Å². The number of carbonyl (C=O) groups is 2. The largest absolute Gasteiger partial charge is 0.274 e. The van der Waals surface area contributed by atoms with Crippen LogP contribution in [0.5, 0.6) is 0 Å². The molecule has 1 aromatic heterocycles. The van der Waals surface area contributed by atoms with Crippen molar-refractivity contribution in [2.24, 2.45) is 23.7 Å². The highest BCUT2D eigenvalue weighted by Crippen LogP contribution is 2.53. The third-order valence-electron chi connectivity index (χ3n) is 6.35. The van der Waals surface area contributed by atoms with Crippen LogP contribution in [0, 0.1) is 37.5 Å². The van der Waals surface area contributed by atoms with Crippen molar-refractivity contribution < 1.29 is 9.59 Å². The Labute approximate surface area is 172 Å². The van der Waals surface area contributed by atoms with Gasteiger partial charge in [0.15, 0.2) is 0 Å². The Morgan fingerprint density at radius 1 is 1.04 bits per heavy atom. The standard InChI is InChI=1S/C21H19Cl2N3O2/c1-10-19(11(2)25(24-10)9-12-3-6-15(22)16(23)7-12)26-20(27)17-13-4-5-14(8-13)18(17)21(26)28/h3-7,13-14,17-18H,8-9H2,1-2H3/t13-,14+,17-,18-/m0/s1. The maximum absolute atomic E-state index is 13.1. The molecule has 1 saturated carbocycles. The molecule has 3 aliphatic rings. The summed E-state index contributed by atoms with van der Waals surface area (Å²) in [6.07, 6.45) is 5.14. The zero-order chi connectivity index (χ0) is 19.7. The predicted molar refractivity (Wildman–Crippen MR) is 107 cm³/mol. The summed E-state index contributed by atoms with van der Waals surface area (Å²) in [6, 6.07) is 5.45. The van der Waals surface area contributed by atoms with Crippen molar-refractivity contribution in [3.05, 3.63) is 57.3 Å². The van der Waals surface area contributed by atoms with Crippen molar-refractivity contribution in [1.82, 2.24) is 9.78 Å². The van der Waals surface area contributed by atoms with Crippen LogP contribution in [-0.2, 0) is 16.1 Å². The lowest BCUT2D eigenvalue weighted by Crippen LogP contribution is -2.33. The van der Waals surface area contributed by atoms with Crippen LogP contribution in [0.1, 0.15) is 23.4 Å². The highest BCUT2D eigenvalue weighted by Gasteiger charge is 2.60. The summed E-state index contributed by atoms with van der Waals surface area (Å²) in [6.45, 7) is 4.23. The van der Waals surface area contributed by atoms with E-state index in [0.717, 1.165) is 17.7 Å². The van der Waals surface area contributed by atoms with Crippen LogP contribution in [0.3, 0.4) is 0 Å². The molecule has 5 rings (SSSR count). The van der Waals surface area contributed by atoms with E-state index in [1.165, 1.54) is 4.90 Å². The number of carbonyl (C=O) groups excluding carboxylic acids is 2. The molecule has 0 unspecified atom stereocenters. The number of nitrogens with zero attached hydrogens (tertiary/aromatic N) is 3. The SMILES string of the molecule is Cc1nn(Cc2ccc(Cl)c(Cl)c2)c(C)c1N1C(=O)[C@@H]2[C@@H](C1=O)[C@H]1C=C[C@@H]2C1. The molecule has 1 aromatic carbocycles. The molecule has 2 fully saturated rings. The number of hydrogen-bond donors (Lipinski definition) is 0. The first-order valence-electron chi connectivity index (χ1n) is 9.41. The lowest BCUT2D eigenvalue weighted by Gasteiger charge is -2.18. The van der Waals surface area contributed by atoms with Crippen LogP contribution in [-0.4, -0.2) is 21.6 Å². The van der Waals surface area contributed by atoms with Crippen molar-refractivity contribution in [2.75, 3.05) is 4.90 Å². The van der Waals surface area contributed by atoms with Crippen molar-refractivity contribution >= 4 is 40.7 Å². The fraction of sp³-hybridized carbons (Fsp3) is 0.381. The second kappa shape index (κ2) is 6.19. The summed E-state index contributed by atoms with van der Waals surface area (Å²) in [5, 5.41) is 5.59. The number of amides is 2. The van der Waals surface area contributed by atoms with Gasteiger partial charge in [-0.3, -0.25) is 14.3 Å². The van der Waals surface area contributed by atoms with Crippen LogP contribution in [0.4, 0.5) is 5.69 Å². The Balaban J connectivity index is 1.49. The van der Waals surface area contributed by atoms with E-state index in [4.69, 9.17) is 23.2 Å². The van der Waals surface area contributed by atoms with Crippen LogP contribution in [0.15, 0.2) is 30.4 Å². The second-order valence-electron chi connectivity index (χ2n) is 7.94. The maximum Gasteiger partial charge on any atom is 0.238 e. The number of halogens is 2. The summed E-state index contributed by atoms with van der Waals surface area (Å²) < 4.78 is 1.81. The van der Waals surface area contributed by atoms with Gasteiger partial charge in [-0.25, -0.2) is 4.90 Å². The van der Waals surface area contributed by atoms with E-state index in [9.17, 15) is 9.59 Å². The fourth-order valence-electron chi connectivity index (χ4n) is 5.10. The van der Waals surface area contributed by atoms with Gasteiger partial charge in [0.2, 0.25) is 11.8 Å². The maximum atomic E-state index is 13.1. The number of fused-ring (bicyclic) bond motifs is 5. The third kappa shape index (κ3) is 2.42. The lowest BCUT2D eigenvalue weighted by atomic mass is 9.85. The minimum absolute atomic E-state index is 0.0767. The van der Waals surface area contributed by atoms with Crippen molar-refractivity contribution in [3.8, 4) is 0 Å². The summed E-state index contributed by atoms with van der Waals surface area (Å²) in [5.74, 6) is -0.176. The number of imide groups is 1. The molecule has 7 heteroatoms. The number of hydrogen-bond acceptors (Lipinski definition) is 3. The molecule has 144 valence electrons. The zero-order valence-corrected chi connectivity index (χ0v) is 17.0. The number of anilines is 1. The summed E-state index contributed by atoms with van der Waals surface area (Å²) in [5.41, 5.74) is 3.05. The molecular formula is C21H19Cl2N3O2. The minimum atomic E-state index is -0.209. The first-order chi connectivity index (χ1) is 13.4. The highest BCUT2D eigenvalue weighted by atomic mass is 35.5. The van der Waals surface area contributed by atoms with Gasteiger partial charge in [0.25, 0.3) is 0 Å². The fourth-order valence-corrected chi connectivity index (χ4v) is 5.42. The number of aryl methyl sites for hydroxylation is 1. The summed E-state index contributed by atoms with van der Waals surface area (Å²) >= 11 is 12.1. The number of aromatic nitrogens is 2. The van der Waals surface area contributed by atoms with E-state index < -0.39 is 0 Å². The molecule has 2 bridgehead atoms. The molecule has 1 saturated heterocycles. The average molecular weight is 416 g/mol. The molecule has 0 spiro atoms. The number of rotatable bonds is 3. The lowest BCUT2D eigenvalue weighted by molar-refractivity contribution is -0.123. The van der Waals surface area contributed by atoms with Crippen molar-refractivity contribution in [2.45, 2.75) is 26.8 Å². The van der Waals surface area contributed by atoms with Gasteiger partial charge in [-0.1, -0.05) is 41.4 Å². The van der Waals surface area contributed by atoms with Gasteiger partial charge in [-0.2, -0.15) is 5.10 Å². The van der Waals surface area contributed by atoms with Crippen LogP contribution in [0.25, 0.3) is 0 Å². The molecule has 0 radical (unpaired) electrons. The van der Waals surface area contributed by atoms with Crippen LogP contribution < -0.4 is 4.90 Å². The van der Waals surface area contributed by atoms with Gasteiger partial charge in [-0.05, 0) is 49.8 Å². The molecule has 28 heavy (non-hydrogen) atoms. The Kier molecular flexibility index (Phi) is 3.97. The molecule has 2 amide bonds. The number of allylic oxidation sites excluding steroid dienone is 2. The molecule has 5 nitrogen and oxygen atoms in total. The number of benzene rings is 1. The normalized spacial score (nSPS) is 27.9. The minimum Gasteiger partial charge on any atom is -0.274 e. The summed E-state index contributed by atoms with van der Waals surface area (Å²) in [7, 11) is 0. The van der Waals surface area contributed by atoms with E-state index in [1.54, 1.807) is 12.1 Å². The topological polar surface area (TPSA) is 55.2 Å². The smallest absolute Gasteiger partial charge is 0.238 e. The first-order valence-corrected chi connectivity index (χ1v) is 10.2. The second-order valence-corrected chi connectivity index (χ2v) is 8.75. The Bertz CT molecular complexity index is 1030. The Hall–Kier alpha value is -2.11. The molecule has 0 N–H and O–H groups in total. The van der Waals surface area contributed by atoms with Gasteiger partial charge < -0.3 is 0 Å². The third-order valence-corrected chi connectivity index (χ3v) is 7.09. The predicted octanol–water partition coefficient (Wildman–Crippen LogP) is 4.17. The van der Waals surface area contributed by atoms with E-state index in [1.807, 2.05) is 24.6 Å². The van der Waals surface area contributed by atoms with E-state index in [-0.39, 0.29) is 35.5 Å². The quantitative estimate of drug-likeness (QED) is 0.558. The van der Waals surface area contributed by atoms with Crippen LogP contribution in [0.2, 0.25) is 10.0 Å². The van der Waals surface area contributed by atoms with Crippen molar-refractivity contribution in [1.29, 1.82) is 0 Å². The monoisotopic (exact) mass is 415 g/mol. The van der Waals surface area contributed by atoms with E-state index >= 15 is 0 Å². The molecule has 1 aliphatic heterocycles. The molecule has 2 aromatic rings. The Morgan fingerprint density at radius 2 is 1.68 bits per heavy atom. The molecule has 2 aliphatic carbocycles.